The third kappa shape index (κ3) is 2.43. The highest BCUT2D eigenvalue weighted by Crippen LogP contribution is 2.07. The SMILES string of the molecule is COC(=O)NC(C)c1noc(C)n1. The van der Waals surface area contributed by atoms with Gasteiger partial charge < -0.3 is 14.6 Å². The first-order valence-electron chi connectivity index (χ1n) is 3.78. The summed E-state index contributed by atoms with van der Waals surface area (Å²) in [6, 6.07) is -0.315. The van der Waals surface area contributed by atoms with Crippen LogP contribution in [0.4, 0.5) is 4.79 Å². The normalized spacial score (nSPS) is 12.2. The first-order valence-corrected chi connectivity index (χ1v) is 3.78. The fraction of sp³-hybridized carbons (Fsp3) is 0.571. The summed E-state index contributed by atoms with van der Waals surface area (Å²) in [5.74, 6) is 0.899. The van der Waals surface area contributed by atoms with Crippen LogP contribution in [0, 0.1) is 6.92 Å². The van der Waals surface area contributed by atoms with E-state index in [4.69, 9.17) is 4.52 Å². The second kappa shape index (κ2) is 3.88. The smallest absolute Gasteiger partial charge is 0.407 e. The molecule has 0 aliphatic carbocycles. The van der Waals surface area contributed by atoms with E-state index < -0.39 is 6.09 Å². The van der Waals surface area contributed by atoms with E-state index in [0.717, 1.165) is 0 Å². The van der Waals surface area contributed by atoms with E-state index in [1.165, 1.54) is 7.11 Å². The Morgan fingerprint density at radius 1 is 1.69 bits per heavy atom. The number of methoxy groups -OCH3 is 1. The molecule has 0 aliphatic heterocycles. The van der Waals surface area contributed by atoms with Gasteiger partial charge in [0.05, 0.1) is 13.2 Å². The lowest BCUT2D eigenvalue weighted by atomic mass is 10.3. The van der Waals surface area contributed by atoms with E-state index >= 15 is 0 Å². The van der Waals surface area contributed by atoms with Crippen LogP contribution in [0.2, 0.25) is 0 Å². The number of rotatable bonds is 2. The molecular weight excluding hydrogens is 174 g/mol. The van der Waals surface area contributed by atoms with Crippen LogP contribution < -0.4 is 5.32 Å². The minimum Gasteiger partial charge on any atom is -0.453 e. The van der Waals surface area contributed by atoms with Crippen molar-refractivity contribution in [2.24, 2.45) is 0 Å². The zero-order chi connectivity index (χ0) is 9.84. The van der Waals surface area contributed by atoms with Gasteiger partial charge in [-0.1, -0.05) is 5.16 Å². The van der Waals surface area contributed by atoms with Crippen LogP contribution >= 0.6 is 0 Å². The average molecular weight is 185 g/mol. The Morgan fingerprint density at radius 2 is 2.38 bits per heavy atom. The Bertz CT molecular complexity index is 297. The molecule has 0 spiro atoms. The fourth-order valence-electron chi connectivity index (χ4n) is 0.791. The maximum atomic E-state index is 10.8. The van der Waals surface area contributed by atoms with Gasteiger partial charge in [-0.05, 0) is 6.92 Å². The molecule has 6 heteroatoms. The van der Waals surface area contributed by atoms with Crippen molar-refractivity contribution in [3.63, 3.8) is 0 Å². The summed E-state index contributed by atoms with van der Waals surface area (Å²) in [5, 5.41) is 6.16. The molecule has 6 nitrogen and oxygen atoms in total. The summed E-state index contributed by atoms with van der Waals surface area (Å²) in [6.07, 6.45) is -0.519. The van der Waals surface area contributed by atoms with Gasteiger partial charge in [0.15, 0.2) is 5.82 Å². The van der Waals surface area contributed by atoms with E-state index in [-0.39, 0.29) is 6.04 Å². The molecule has 1 heterocycles. The molecule has 13 heavy (non-hydrogen) atoms. The molecule has 0 aromatic carbocycles. The zero-order valence-corrected chi connectivity index (χ0v) is 7.70. The van der Waals surface area contributed by atoms with Gasteiger partial charge in [0.25, 0.3) is 0 Å². The lowest BCUT2D eigenvalue weighted by Gasteiger charge is -2.07. The molecule has 1 unspecified atom stereocenters. The number of hydrogen-bond acceptors (Lipinski definition) is 5. The minimum atomic E-state index is -0.519. The quantitative estimate of drug-likeness (QED) is 0.737. The second-order valence-electron chi connectivity index (χ2n) is 2.53. The van der Waals surface area contributed by atoms with Gasteiger partial charge in [0.2, 0.25) is 5.89 Å². The maximum absolute atomic E-state index is 10.8. The number of nitrogens with zero attached hydrogens (tertiary/aromatic N) is 2. The molecule has 1 N–H and O–H groups in total. The molecule has 1 aromatic rings. The number of ether oxygens (including phenoxy) is 1. The topological polar surface area (TPSA) is 77.2 Å². The van der Waals surface area contributed by atoms with E-state index in [2.05, 4.69) is 20.2 Å². The molecule has 1 rings (SSSR count). The number of alkyl carbamates (subject to hydrolysis) is 1. The summed E-state index contributed by atoms with van der Waals surface area (Å²) >= 11 is 0. The van der Waals surface area contributed by atoms with E-state index in [0.29, 0.717) is 11.7 Å². The standard InChI is InChI=1S/C7H11N3O3/c1-4(8-7(11)12-3)6-9-5(2)13-10-6/h4H,1-3H3,(H,8,11). The molecule has 0 saturated heterocycles. The van der Waals surface area contributed by atoms with Crippen LogP contribution in [-0.4, -0.2) is 23.3 Å². The van der Waals surface area contributed by atoms with Crippen molar-refractivity contribution in [3.8, 4) is 0 Å². The van der Waals surface area contributed by atoms with Crippen molar-refractivity contribution in [3.05, 3.63) is 11.7 Å². The van der Waals surface area contributed by atoms with Crippen molar-refractivity contribution in [1.82, 2.24) is 15.5 Å². The third-order valence-corrected chi connectivity index (χ3v) is 1.45. The van der Waals surface area contributed by atoms with Gasteiger partial charge in [-0.3, -0.25) is 0 Å². The first-order chi connectivity index (χ1) is 6.13. The van der Waals surface area contributed by atoms with Gasteiger partial charge in [-0.2, -0.15) is 4.98 Å². The van der Waals surface area contributed by atoms with Gasteiger partial charge in [-0.15, -0.1) is 0 Å². The third-order valence-electron chi connectivity index (χ3n) is 1.45. The van der Waals surface area contributed by atoms with E-state index in [9.17, 15) is 4.79 Å². The Balaban J connectivity index is 2.58. The second-order valence-corrected chi connectivity index (χ2v) is 2.53. The number of nitrogens with one attached hydrogen (secondary N) is 1. The number of aryl methyl sites for hydroxylation is 1. The molecule has 0 radical (unpaired) electrons. The summed E-state index contributed by atoms with van der Waals surface area (Å²) in [7, 11) is 1.30. The molecule has 72 valence electrons. The van der Waals surface area contributed by atoms with Crippen molar-refractivity contribution in [2.45, 2.75) is 19.9 Å². The predicted octanol–water partition coefficient (Wildman–Crippen LogP) is 0.795. The number of aromatic nitrogens is 2. The Kier molecular flexibility index (Phi) is 2.84. The minimum absolute atomic E-state index is 0.315. The predicted molar refractivity (Wildman–Crippen MR) is 43.0 cm³/mol. The van der Waals surface area contributed by atoms with Crippen LogP contribution in [0.3, 0.4) is 0 Å². The van der Waals surface area contributed by atoms with Crippen molar-refractivity contribution in [1.29, 1.82) is 0 Å². The summed E-state index contributed by atoms with van der Waals surface area (Å²) in [6.45, 7) is 3.42. The molecule has 1 aromatic heterocycles. The molecular formula is C7H11N3O3. The molecule has 0 saturated carbocycles. The highest BCUT2D eigenvalue weighted by Gasteiger charge is 2.14. The molecule has 1 amide bonds. The number of carbonyl (C=O) groups is 1. The molecule has 0 aliphatic rings. The van der Waals surface area contributed by atoms with Crippen LogP contribution in [0.1, 0.15) is 24.7 Å². The average Bonchev–Trinajstić information content (AvgIpc) is 2.51. The highest BCUT2D eigenvalue weighted by molar-refractivity contribution is 5.67. The van der Waals surface area contributed by atoms with Gasteiger partial charge in [0, 0.05) is 6.92 Å². The summed E-state index contributed by atoms with van der Waals surface area (Å²) < 4.78 is 9.16. The zero-order valence-electron chi connectivity index (χ0n) is 7.70. The van der Waals surface area contributed by atoms with Crippen LogP contribution in [0.15, 0.2) is 4.52 Å². The lowest BCUT2D eigenvalue weighted by Crippen LogP contribution is -2.26. The van der Waals surface area contributed by atoms with Crippen LogP contribution in [0.5, 0.6) is 0 Å². The van der Waals surface area contributed by atoms with Crippen LogP contribution in [0.25, 0.3) is 0 Å². The number of carbonyl (C=O) groups excluding carboxylic acids is 1. The van der Waals surface area contributed by atoms with E-state index in [1.54, 1.807) is 13.8 Å². The van der Waals surface area contributed by atoms with Crippen LogP contribution in [-0.2, 0) is 4.74 Å². The molecule has 0 fully saturated rings. The van der Waals surface area contributed by atoms with Crippen molar-refractivity contribution < 1.29 is 14.1 Å². The first kappa shape index (κ1) is 9.50. The largest absolute Gasteiger partial charge is 0.453 e. The van der Waals surface area contributed by atoms with Crippen molar-refractivity contribution >= 4 is 6.09 Å². The van der Waals surface area contributed by atoms with Gasteiger partial charge in [0.1, 0.15) is 0 Å². The molecule has 0 bridgehead atoms. The maximum Gasteiger partial charge on any atom is 0.407 e. The summed E-state index contributed by atoms with van der Waals surface area (Å²) in [4.78, 5) is 14.7. The lowest BCUT2D eigenvalue weighted by molar-refractivity contribution is 0.167. The van der Waals surface area contributed by atoms with Gasteiger partial charge >= 0.3 is 6.09 Å². The number of hydrogen-bond donors (Lipinski definition) is 1. The van der Waals surface area contributed by atoms with Gasteiger partial charge in [-0.25, -0.2) is 4.79 Å². The number of amides is 1. The Morgan fingerprint density at radius 3 is 2.85 bits per heavy atom. The fourth-order valence-corrected chi connectivity index (χ4v) is 0.791. The van der Waals surface area contributed by atoms with Crippen molar-refractivity contribution in [2.75, 3.05) is 7.11 Å². The Hall–Kier alpha value is -1.59. The Labute approximate surface area is 75.3 Å². The highest BCUT2D eigenvalue weighted by atomic mass is 16.5. The monoisotopic (exact) mass is 185 g/mol. The summed E-state index contributed by atoms with van der Waals surface area (Å²) in [5.41, 5.74) is 0. The molecule has 1 atom stereocenters. The van der Waals surface area contributed by atoms with E-state index in [1.807, 2.05) is 0 Å².